The molecule has 0 fully saturated rings. The number of rotatable bonds is 2. The molecule has 3 rings (SSSR count). The molecule has 1 aliphatic rings. The minimum atomic E-state index is -0.809. The molecular weight excluding hydrogens is 260 g/mol. The van der Waals surface area contributed by atoms with Crippen LogP contribution in [0.4, 0.5) is 14.5 Å². The molecule has 2 aromatic rings. The second-order valence-electron chi connectivity index (χ2n) is 5.28. The van der Waals surface area contributed by atoms with E-state index in [-0.39, 0.29) is 17.5 Å². The maximum atomic E-state index is 13.3. The first-order valence-electron chi connectivity index (χ1n) is 6.35. The smallest absolute Gasteiger partial charge is 0.235 e. The normalized spacial score (nSPS) is 20.6. The van der Waals surface area contributed by atoms with Gasteiger partial charge >= 0.3 is 0 Å². The van der Waals surface area contributed by atoms with Crippen molar-refractivity contribution in [3.63, 3.8) is 0 Å². The Bertz CT molecular complexity index is 699. The van der Waals surface area contributed by atoms with Crippen LogP contribution in [-0.4, -0.2) is 5.91 Å². The number of amides is 1. The van der Waals surface area contributed by atoms with Gasteiger partial charge in [0.05, 0.1) is 5.41 Å². The number of hydrogen-bond donors (Lipinski definition) is 1. The highest BCUT2D eigenvalue weighted by Gasteiger charge is 2.42. The fourth-order valence-electron chi connectivity index (χ4n) is 2.71. The third-order valence-corrected chi connectivity index (χ3v) is 3.77. The van der Waals surface area contributed by atoms with Gasteiger partial charge in [-0.05, 0) is 48.7 Å². The Morgan fingerprint density at radius 1 is 1.10 bits per heavy atom. The largest absolute Gasteiger partial charge is 0.325 e. The van der Waals surface area contributed by atoms with Crippen molar-refractivity contribution in [2.45, 2.75) is 18.8 Å². The second-order valence-corrected chi connectivity index (χ2v) is 5.28. The van der Waals surface area contributed by atoms with Gasteiger partial charge in [-0.3, -0.25) is 4.79 Å². The average molecular weight is 273 g/mol. The van der Waals surface area contributed by atoms with Crippen molar-refractivity contribution in [3.05, 3.63) is 65.2 Å². The zero-order valence-corrected chi connectivity index (χ0v) is 10.9. The summed E-state index contributed by atoms with van der Waals surface area (Å²) in [5.74, 6) is -0.912. The van der Waals surface area contributed by atoms with Gasteiger partial charge in [-0.1, -0.05) is 18.2 Å². The van der Waals surface area contributed by atoms with Crippen LogP contribution in [0.1, 0.15) is 18.1 Å². The minimum absolute atomic E-state index is 0.192. The first kappa shape index (κ1) is 12.8. The molecule has 0 spiro atoms. The Kier molecular flexibility index (Phi) is 2.82. The molecule has 0 bridgehead atoms. The first-order valence-corrected chi connectivity index (χ1v) is 6.35. The molecule has 0 saturated heterocycles. The number of carbonyl (C=O) groups excluding carboxylic acids is 1. The van der Waals surface area contributed by atoms with E-state index in [2.05, 4.69) is 5.32 Å². The van der Waals surface area contributed by atoms with Gasteiger partial charge < -0.3 is 5.32 Å². The Hall–Kier alpha value is -2.23. The molecule has 102 valence electrons. The van der Waals surface area contributed by atoms with Crippen molar-refractivity contribution >= 4 is 11.6 Å². The van der Waals surface area contributed by atoms with Crippen LogP contribution in [0, 0.1) is 11.6 Å². The van der Waals surface area contributed by atoms with Gasteiger partial charge in [-0.2, -0.15) is 0 Å². The van der Waals surface area contributed by atoms with Gasteiger partial charge in [0.25, 0.3) is 0 Å². The van der Waals surface area contributed by atoms with Crippen molar-refractivity contribution in [2.24, 2.45) is 0 Å². The Morgan fingerprint density at radius 2 is 1.85 bits per heavy atom. The molecular formula is C16H13F2NO. The monoisotopic (exact) mass is 273 g/mol. The lowest BCUT2D eigenvalue weighted by atomic mass is 9.78. The van der Waals surface area contributed by atoms with Crippen LogP contribution >= 0.6 is 0 Å². The fraction of sp³-hybridized carbons (Fsp3) is 0.188. The predicted molar refractivity (Wildman–Crippen MR) is 72.5 cm³/mol. The van der Waals surface area contributed by atoms with E-state index in [1.54, 1.807) is 25.1 Å². The maximum absolute atomic E-state index is 13.3. The van der Waals surface area contributed by atoms with E-state index < -0.39 is 5.41 Å². The maximum Gasteiger partial charge on any atom is 0.235 e. The quantitative estimate of drug-likeness (QED) is 0.892. The highest BCUT2D eigenvalue weighted by molar-refractivity contribution is 6.06. The number of carbonyl (C=O) groups is 1. The highest BCUT2D eigenvalue weighted by atomic mass is 19.1. The summed E-state index contributed by atoms with van der Waals surface area (Å²) in [4.78, 5) is 12.2. The summed E-state index contributed by atoms with van der Waals surface area (Å²) in [6, 6.07) is 10.4. The van der Waals surface area contributed by atoms with E-state index in [0.29, 0.717) is 12.1 Å². The minimum Gasteiger partial charge on any atom is -0.325 e. The summed E-state index contributed by atoms with van der Waals surface area (Å²) >= 11 is 0. The number of fused-ring (bicyclic) bond motifs is 1. The summed E-state index contributed by atoms with van der Waals surface area (Å²) in [5.41, 5.74) is 1.17. The van der Waals surface area contributed by atoms with Crippen molar-refractivity contribution in [3.8, 4) is 0 Å². The Morgan fingerprint density at radius 3 is 2.60 bits per heavy atom. The molecule has 4 heteroatoms. The number of nitrogens with one attached hydrogen (secondary N) is 1. The lowest BCUT2D eigenvalue weighted by Gasteiger charge is -2.22. The van der Waals surface area contributed by atoms with Gasteiger partial charge in [0.2, 0.25) is 5.91 Å². The molecule has 0 saturated carbocycles. The zero-order valence-electron chi connectivity index (χ0n) is 10.9. The van der Waals surface area contributed by atoms with Gasteiger partial charge in [-0.25, -0.2) is 8.78 Å². The molecule has 20 heavy (non-hydrogen) atoms. The van der Waals surface area contributed by atoms with E-state index in [9.17, 15) is 13.6 Å². The van der Waals surface area contributed by atoms with Crippen molar-refractivity contribution in [2.75, 3.05) is 5.32 Å². The van der Waals surface area contributed by atoms with Crippen molar-refractivity contribution < 1.29 is 13.6 Å². The summed E-state index contributed by atoms with van der Waals surface area (Å²) in [6.07, 6.45) is 0.370. The van der Waals surface area contributed by atoms with E-state index in [1.165, 1.54) is 24.3 Å². The summed E-state index contributed by atoms with van der Waals surface area (Å²) in [5, 5.41) is 2.69. The molecule has 0 aliphatic carbocycles. The van der Waals surface area contributed by atoms with E-state index in [0.717, 1.165) is 11.1 Å². The van der Waals surface area contributed by atoms with Crippen LogP contribution < -0.4 is 5.32 Å². The Labute approximate surface area is 115 Å². The van der Waals surface area contributed by atoms with Crippen LogP contribution in [0.15, 0.2) is 42.5 Å². The molecule has 1 N–H and O–H groups in total. The summed E-state index contributed by atoms with van der Waals surface area (Å²) in [7, 11) is 0. The summed E-state index contributed by atoms with van der Waals surface area (Å²) in [6.45, 7) is 1.79. The van der Waals surface area contributed by atoms with Crippen LogP contribution in [0.3, 0.4) is 0 Å². The van der Waals surface area contributed by atoms with Gasteiger partial charge in [0, 0.05) is 5.69 Å². The van der Waals surface area contributed by atoms with E-state index in [1.807, 2.05) is 0 Å². The standard InChI is InChI=1S/C16H13F2NO/c1-16(9-10-3-2-4-11(17)7-10)13-6-5-12(18)8-14(13)19-15(16)20/h2-8H,9H2,1H3,(H,19,20). The third-order valence-electron chi connectivity index (χ3n) is 3.77. The molecule has 1 aliphatic heterocycles. The molecule has 1 atom stereocenters. The fourth-order valence-corrected chi connectivity index (χ4v) is 2.71. The topological polar surface area (TPSA) is 29.1 Å². The Balaban J connectivity index is 2.02. The molecule has 1 amide bonds. The van der Waals surface area contributed by atoms with Gasteiger partial charge in [0.15, 0.2) is 0 Å². The number of halogens is 2. The molecule has 2 aromatic carbocycles. The molecule has 1 heterocycles. The van der Waals surface area contributed by atoms with Crippen LogP contribution in [0.5, 0.6) is 0 Å². The highest BCUT2D eigenvalue weighted by Crippen LogP contribution is 2.40. The van der Waals surface area contributed by atoms with Crippen LogP contribution in [0.2, 0.25) is 0 Å². The number of benzene rings is 2. The van der Waals surface area contributed by atoms with Crippen LogP contribution in [-0.2, 0) is 16.6 Å². The molecule has 0 aromatic heterocycles. The molecule has 0 radical (unpaired) electrons. The lowest BCUT2D eigenvalue weighted by Crippen LogP contribution is -2.33. The van der Waals surface area contributed by atoms with Crippen LogP contribution in [0.25, 0.3) is 0 Å². The molecule has 2 nitrogen and oxygen atoms in total. The lowest BCUT2D eigenvalue weighted by molar-refractivity contribution is -0.120. The van der Waals surface area contributed by atoms with E-state index >= 15 is 0 Å². The average Bonchev–Trinajstić information content (AvgIpc) is 2.60. The summed E-state index contributed by atoms with van der Waals surface area (Å²) < 4.78 is 26.5. The zero-order chi connectivity index (χ0) is 14.3. The third kappa shape index (κ3) is 1.97. The van der Waals surface area contributed by atoms with Crippen molar-refractivity contribution in [1.82, 2.24) is 0 Å². The first-order chi connectivity index (χ1) is 9.49. The predicted octanol–water partition coefficient (Wildman–Crippen LogP) is 3.42. The van der Waals surface area contributed by atoms with Gasteiger partial charge in [0.1, 0.15) is 11.6 Å². The SMILES string of the molecule is CC1(Cc2cccc(F)c2)C(=O)Nc2cc(F)ccc21. The number of hydrogen-bond acceptors (Lipinski definition) is 1. The molecule has 1 unspecified atom stereocenters. The van der Waals surface area contributed by atoms with Gasteiger partial charge in [-0.15, -0.1) is 0 Å². The second kappa shape index (κ2) is 4.40. The van der Waals surface area contributed by atoms with E-state index in [4.69, 9.17) is 0 Å². The van der Waals surface area contributed by atoms with Crippen molar-refractivity contribution in [1.29, 1.82) is 0 Å². The number of anilines is 1.